The number of anilines is 3. The third-order valence-electron chi connectivity index (χ3n) is 5.52. The molecule has 2 N–H and O–H groups in total. The lowest BCUT2D eigenvalue weighted by Gasteiger charge is -2.25. The Kier molecular flexibility index (Phi) is 5.37. The van der Waals surface area contributed by atoms with Gasteiger partial charge in [0.25, 0.3) is 0 Å². The van der Waals surface area contributed by atoms with Crippen molar-refractivity contribution >= 4 is 17.7 Å². The van der Waals surface area contributed by atoms with E-state index in [1.165, 1.54) is 18.5 Å². The molecule has 1 fully saturated rings. The number of nitrogens with zero attached hydrogens (tertiary/aromatic N) is 5. The molecular formula is C23H22FN7O. The largest absolute Gasteiger partial charge is 0.497 e. The van der Waals surface area contributed by atoms with Gasteiger partial charge in [-0.25, -0.2) is 14.4 Å². The Hall–Kier alpha value is -4.01. The second-order valence-electron chi connectivity index (χ2n) is 7.54. The monoisotopic (exact) mass is 431 g/mol. The van der Waals surface area contributed by atoms with Crippen molar-refractivity contribution in [2.24, 2.45) is 0 Å². The summed E-state index contributed by atoms with van der Waals surface area (Å²) in [5.74, 6) is 2.12. The first-order valence-corrected chi connectivity index (χ1v) is 10.4. The van der Waals surface area contributed by atoms with Crippen LogP contribution in [-0.4, -0.2) is 38.8 Å². The van der Waals surface area contributed by atoms with E-state index in [0.29, 0.717) is 17.7 Å². The molecule has 1 atom stereocenters. The minimum absolute atomic E-state index is 0.107. The van der Waals surface area contributed by atoms with Crippen LogP contribution in [0.3, 0.4) is 0 Å². The highest BCUT2D eigenvalue weighted by Crippen LogP contribution is 2.34. The summed E-state index contributed by atoms with van der Waals surface area (Å²) in [7, 11) is 1.64. The molecule has 0 saturated carbocycles. The van der Waals surface area contributed by atoms with Crippen molar-refractivity contribution < 1.29 is 9.13 Å². The minimum Gasteiger partial charge on any atom is -0.497 e. The summed E-state index contributed by atoms with van der Waals surface area (Å²) < 4.78 is 18.6. The SMILES string of the molecule is COc1cccc(-c2cc(Nc3ncnc(N4CCCC4c4ccc(F)cc4)n3)n[nH]2)c1. The van der Waals surface area contributed by atoms with E-state index in [9.17, 15) is 4.39 Å². The Bertz CT molecular complexity index is 1210. The zero-order valence-electron chi connectivity index (χ0n) is 17.5. The third-order valence-corrected chi connectivity index (χ3v) is 5.52. The first-order chi connectivity index (χ1) is 15.7. The van der Waals surface area contributed by atoms with Crippen LogP contribution in [0.4, 0.5) is 22.1 Å². The maximum absolute atomic E-state index is 13.3. The standard InChI is InChI=1S/C23H22FN7O/c1-32-18-5-2-4-16(12-18)19-13-21(30-29-19)27-22-25-14-26-23(28-22)31-11-3-6-20(31)15-7-9-17(24)10-8-15/h2,4-5,7-10,12-14,20H,3,6,11H2,1H3,(H2,25,26,27,28,29,30). The first kappa shape index (κ1) is 19.9. The Balaban J connectivity index is 1.34. The molecule has 32 heavy (non-hydrogen) atoms. The number of aromatic amines is 1. The van der Waals surface area contributed by atoms with E-state index in [0.717, 1.165) is 42.0 Å². The van der Waals surface area contributed by atoms with Gasteiger partial charge in [-0.05, 0) is 42.7 Å². The summed E-state index contributed by atoms with van der Waals surface area (Å²) in [6.45, 7) is 0.827. The Morgan fingerprint density at radius 1 is 1.12 bits per heavy atom. The van der Waals surface area contributed by atoms with Crippen LogP contribution in [0.2, 0.25) is 0 Å². The fourth-order valence-electron chi connectivity index (χ4n) is 3.96. The first-order valence-electron chi connectivity index (χ1n) is 10.4. The molecule has 3 heterocycles. The average molecular weight is 431 g/mol. The van der Waals surface area contributed by atoms with E-state index < -0.39 is 0 Å². The molecule has 1 unspecified atom stereocenters. The molecule has 0 radical (unpaired) electrons. The van der Waals surface area contributed by atoms with Crippen molar-refractivity contribution in [1.29, 1.82) is 0 Å². The summed E-state index contributed by atoms with van der Waals surface area (Å²) >= 11 is 0. The maximum atomic E-state index is 13.3. The van der Waals surface area contributed by atoms with Gasteiger partial charge in [-0.15, -0.1) is 0 Å². The highest BCUT2D eigenvalue weighted by atomic mass is 19.1. The van der Waals surface area contributed by atoms with Crippen molar-refractivity contribution in [3.63, 3.8) is 0 Å². The van der Waals surface area contributed by atoms with E-state index in [-0.39, 0.29) is 11.9 Å². The van der Waals surface area contributed by atoms with Crippen molar-refractivity contribution in [2.75, 3.05) is 23.9 Å². The predicted octanol–water partition coefficient (Wildman–Crippen LogP) is 4.49. The number of hydrogen-bond acceptors (Lipinski definition) is 7. The number of nitrogens with one attached hydrogen (secondary N) is 2. The van der Waals surface area contributed by atoms with Gasteiger partial charge in [-0.2, -0.15) is 10.1 Å². The number of methoxy groups -OCH3 is 1. The second-order valence-corrected chi connectivity index (χ2v) is 7.54. The molecule has 0 aliphatic carbocycles. The van der Waals surface area contributed by atoms with Crippen molar-refractivity contribution in [3.8, 4) is 17.0 Å². The normalized spacial score (nSPS) is 15.7. The Morgan fingerprint density at radius 2 is 2.00 bits per heavy atom. The van der Waals surface area contributed by atoms with Crippen LogP contribution in [0.15, 0.2) is 60.9 Å². The van der Waals surface area contributed by atoms with E-state index >= 15 is 0 Å². The predicted molar refractivity (Wildman–Crippen MR) is 119 cm³/mol. The van der Waals surface area contributed by atoms with E-state index in [1.54, 1.807) is 7.11 Å². The zero-order chi connectivity index (χ0) is 21.9. The number of rotatable bonds is 6. The lowest BCUT2D eigenvalue weighted by atomic mass is 10.0. The summed E-state index contributed by atoms with van der Waals surface area (Å²) in [4.78, 5) is 15.3. The maximum Gasteiger partial charge on any atom is 0.233 e. The van der Waals surface area contributed by atoms with Crippen LogP contribution in [0.25, 0.3) is 11.3 Å². The highest BCUT2D eigenvalue weighted by Gasteiger charge is 2.28. The summed E-state index contributed by atoms with van der Waals surface area (Å²) in [5.41, 5.74) is 2.85. The highest BCUT2D eigenvalue weighted by molar-refractivity contribution is 5.65. The second kappa shape index (κ2) is 8.62. The van der Waals surface area contributed by atoms with E-state index in [4.69, 9.17) is 4.74 Å². The molecule has 2 aromatic heterocycles. The molecular weight excluding hydrogens is 409 g/mol. The van der Waals surface area contributed by atoms with Crippen LogP contribution < -0.4 is 15.0 Å². The fraction of sp³-hybridized carbons (Fsp3) is 0.217. The number of halogens is 1. The lowest BCUT2D eigenvalue weighted by molar-refractivity contribution is 0.415. The molecule has 162 valence electrons. The third kappa shape index (κ3) is 4.09. The quantitative estimate of drug-likeness (QED) is 0.465. The molecule has 5 rings (SSSR count). The van der Waals surface area contributed by atoms with Gasteiger partial charge in [0.05, 0.1) is 18.8 Å². The van der Waals surface area contributed by atoms with Gasteiger partial charge in [0, 0.05) is 18.2 Å². The minimum atomic E-state index is -0.239. The summed E-state index contributed by atoms with van der Waals surface area (Å²) in [6, 6.07) is 16.3. The number of aromatic nitrogens is 5. The number of H-pyrrole nitrogens is 1. The molecule has 1 aliphatic rings. The van der Waals surface area contributed by atoms with Crippen molar-refractivity contribution in [2.45, 2.75) is 18.9 Å². The molecule has 1 aliphatic heterocycles. The van der Waals surface area contributed by atoms with Crippen molar-refractivity contribution in [3.05, 3.63) is 72.3 Å². The topological polar surface area (TPSA) is 91.8 Å². The number of benzene rings is 2. The molecule has 2 aromatic carbocycles. The molecule has 8 nitrogen and oxygen atoms in total. The fourth-order valence-corrected chi connectivity index (χ4v) is 3.96. The van der Waals surface area contributed by atoms with Gasteiger partial charge in [-0.1, -0.05) is 24.3 Å². The van der Waals surface area contributed by atoms with Crippen LogP contribution in [0.5, 0.6) is 5.75 Å². The van der Waals surface area contributed by atoms with Crippen LogP contribution >= 0.6 is 0 Å². The Morgan fingerprint density at radius 3 is 2.84 bits per heavy atom. The van der Waals surface area contributed by atoms with Gasteiger partial charge in [0.1, 0.15) is 17.9 Å². The van der Waals surface area contributed by atoms with Crippen molar-refractivity contribution in [1.82, 2.24) is 25.1 Å². The Labute approximate surface area is 184 Å². The molecule has 9 heteroatoms. The number of hydrogen-bond donors (Lipinski definition) is 2. The molecule has 4 aromatic rings. The molecule has 0 spiro atoms. The molecule has 1 saturated heterocycles. The average Bonchev–Trinajstić information content (AvgIpc) is 3.50. The zero-order valence-corrected chi connectivity index (χ0v) is 17.5. The van der Waals surface area contributed by atoms with Gasteiger partial charge in [0.2, 0.25) is 11.9 Å². The lowest BCUT2D eigenvalue weighted by Crippen LogP contribution is -2.25. The van der Waals surface area contributed by atoms with Crippen LogP contribution in [-0.2, 0) is 0 Å². The van der Waals surface area contributed by atoms with E-state index in [2.05, 4.69) is 35.4 Å². The van der Waals surface area contributed by atoms with Gasteiger partial charge < -0.3 is 15.0 Å². The summed E-state index contributed by atoms with van der Waals surface area (Å²) in [5, 5.41) is 10.5. The summed E-state index contributed by atoms with van der Waals surface area (Å²) in [6.07, 6.45) is 3.46. The van der Waals surface area contributed by atoms with Gasteiger partial charge >= 0.3 is 0 Å². The molecule has 0 amide bonds. The van der Waals surface area contributed by atoms with Crippen LogP contribution in [0.1, 0.15) is 24.4 Å². The van der Waals surface area contributed by atoms with Gasteiger partial charge in [0.15, 0.2) is 5.82 Å². The van der Waals surface area contributed by atoms with E-state index in [1.807, 2.05) is 42.5 Å². The molecule has 0 bridgehead atoms. The smallest absolute Gasteiger partial charge is 0.233 e. The van der Waals surface area contributed by atoms with Gasteiger partial charge in [-0.3, -0.25) is 5.10 Å². The van der Waals surface area contributed by atoms with Crippen LogP contribution in [0, 0.1) is 5.82 Å². The number of ether oxygens (including phenoxy) is 1.